The summed E-state index contributed by atoms with van der Waals surface area (Å²) in [5.74, 6) is 2.04. The van der Waals surface area contributed by atoms with Crippen LogP contribution in [0.2, 0.25) is 0 Å². The van der Waals surface area contributed by atoms with E-state index < -0.39 is 0 Å². The summed E-state index contributed by atoms with van der Waals surface area (Å²) in [5.41, 5.74) is 2.21. The largest absolute Gasteiger partial charge is 0.345 e. The third kappa shape index (κ3) is 5.07. The second kappa shape index (κ2) is 8.84. The molecule has 0 bridgehead atoms. The third-order valence-electron chi connectivity index (χ3n) is 5.05. The molecule has 8 nitrogen and oxygen atoms in total. The first-order valence-corrected chi connectivity index (χ1v) is 9.52. The molecule has 0 atom stereocenters. The highest BCUT2D eigenvalue weighted by molar-refractivity contribution is 5.85. The van der Waals surface area contributed by atoms with Crippen LogP contribution in [0.25, 0.3) is 0 Å². The molecule has 1 saturated carbocycles. The van der Waals surface area contributed by atoms with Crippen LogP contribution in [0.5, 0.6) is 0 Å². The number of hydrogen-bond acceptors (Lipinski definition) is 6. The molecule has 1 aliphatic carbocycles. The molecule has 0 radical (unpaired) electrons. The van der Waals surface area contributed by atoms with E-state index in [2.05, 4.69) is 31.3 Å². The fourth-order valence-electron chi connectivity index (χ4n) is 3.23. The summed E-state index contributed by atoms with van der Waals surface area (Å²) >= 11 is 0. The molecule has 0 saturated heterocycles. The average molecular weight is 395 g/mol. The van der Waals surface area contributed by atoms with Crippen LogP contribution in [0.15, 0.2) is 10.6 Å². The van der Waals surface area contributed by atoms with Crippen molar-refractivity contribution >= 4 is 18.3 Å². The highest BCUT2D eigenvalue weighted by Gasteiger charge is 2.29. The van der Waals surface area contributed by atoms with Gasteiger partial charge in [0.2, 0.25) is 11.8 Å². The Morgan fingerprint density at radius 3 is 3.07 bits per heavy atom. The summed E-state index contributed by atoms with van der Waals surface area (Å²) in [7, 11) is 1.83. The minimum Gasteiger partial charge on any atom is -0.345 e. The number of amides is 1. The molecule has 2 aromatic rings. The van der Waals surface area contributed by atoms with Gasteiger partial charge in [-0.1, -0.05) is 5.16 Å². The standard InChI is InChI=1S/C18H26N6O2.ClH/c1-23(10-7-16-20-18(26-22-16)13-3-4-13)17(25)6-5-14-11-15-12-19-8-2-9-24(15)21-14;/h11,13,19H,2-10,12H2,1H3;1H. The van der Waals surface area contributed by atoms with Gasteiger partial charge in [-0.2, -0.15) is 10.1 Å². The molecule has 0 spiro atoms. The van der Waals surface area contributed by atoms with Gasteiger partial charge in [0.1, 0.15) is 0 Å². The zero-order chi connectivity index (χ0) is 17.9. The zero-order valence-corrected chi connectivity index (χ0v) is 16.5. The van der Waals surface area contributed by atoms with Crippen molar-refractivity contribution in [1.29, 1.82) is 0 Å². The molecule has 1 fully saturated rings. The second-order valence-corrected chi connectivity index (χ2v) is 7.27. The van der Waals surface area contributed by atoms with E-state index in [4.69, 9.17) is 4.52 Å². The molecule has 27 heavy (non-hydrogen) atoms. The third-order valence-corrected chi connectivity index (χ3v) is 5.05. The van der Waals surface area contributed by atoms with E-state index in [9.17, 15) is 4.79 Å². The molecule has 2 aliphatic rings. The van der Waals surface area contributed by atoms with Crippen molar-refractivity contribution < 1.29 is 9.32 Å². The molecule has 3 heterocycles. The maximum absolute atomic E-state index is 12.4. The van der Waals surface area contributed by atoms with Crippen molar-refractivity contribution in [2.24, 2.45) is 0 Å². The Bertz CT molecular complexity index is 746. The summed E-state index contributed by atoms with van der Waals surface area (Å²) in [6, 6.07) is 2.12. The van der Waals surface area contributed by atoms with E-state index >= 15 is 0 Å². The highest BCUT2D eigenvalue weighted by Crippen LogP contribution is 2.38. The Labute approximate surface area is 165 Å². The van der Waals surface area contributed by atoms with Crippen LogP contribution in [0, 0.1) is 0 Å². The van der Waals surface area contributed by atoms with Crippen molar-refractivity contribution in [2.75, 3.05) is 20.1 Å². The monoisotopic (exact) mass is 394 g/mol. The predicted octanol–water partition coefficient (Wildman–Crippen LogP) is 1.69. The maximum Gasteiger partial charge on any atom is 0.229 e. The Morgan fingerprint density at radius 2 is 2.26 bits per heavy atom. The van der Waals surface area contributed by atoms with Gasteiger partial charge < -0.3 is 14.7 Å². The number of fused-ring (bicyclic) bond motifs is 1. The van der Waals surface area contributed by atoms with E-state index in [0.29, 0.717) is 37.5 Å². The molecule has 148 valence electrons. The Morgan fingerprint density at radius 1 is 1.41 bits per heavy atom. The number of nitrogens with one attached hydrogen (secondary N) is 1. The van der Waals surface area contributed by atoms with Crippen molar-refractivity contribution in [3.8, 4) is 0 Å². The number of nitrogens with zero attached hydrogens (tertiary/aromatic N) is 5. The molecule has 2 aromatic heterocycles. The molecular formula is C18H27ClN6O2. The van der Waals surface area contributed by atoms with Crippen molar-refractivity contribution in [3.05, 3.63) is 29.2 Å². The van der Waals surface area contributed by atoms with Crippen LogP contribution in [0.4, 0.5) is 0 Å². The Balaban J connectivity index is 0.00000210. The average Bonchev–Trinajstić information content (AvgIpc) is 3.33. The first-order chi connectivity index (χ1) is 12.7. The number of carbonyl (C=O) groups is 1. The molecule has 1 aliphatic heterocycles. The number of rotatable bonds is 7. The first kappa shape index (κ1) is 19.8. The van der Waals surface area contributed by atoms with Crippen LogP contribution >= 0.6 is 12.4 Å². The van der Waals surface area contributed by atoms with Crippen molar-refractivity contribution in [2.45, 2.75) is 57.5 Å². The molecule has 1 N–H and O–H groups in total. The first-order valence-electron chi connectivity index (χ1n) is 9.52. The summed E-state index contributed by atoms with van der Waals surface area (Å²) in [5, 5.41) is 12.0. The Kier molecular flexibility index (Phi) is 6.49. The van der Waals surface area contributed by atoms with E-state index in [1.54, 1.807) is 4.90 Å². The lowest BCUT2D eigenvalue weighted by atomic mass is 10.2. The molecule has 0 unspecified atom stereocenters. The van der Waals surface area contributed by atoms with E-state index in [-0.39, 0.29) is 18.3 Å². The van der Waals surface area contributed by atoms with Crippen LogP contribution < -0.4 is 5.32 Å². The summed E-state index contributed by atoms with van der Waals surface area (Å²) in [6.45, 7) is 3.44. The van der Waals surface area contributed by atoms with Gasteiger partial charge in [-0.05, 0) is 31.9 Å². The number of hydrogen-bond donors (Lipinski definition) is 1. The van der Waals surface area contributed by atoms with E-state index in [1.165, 1.54) is 5.69 Å². The molecular weight excluding hydrogens is 368 g/mol. The van der Waals surface area contributed by atoms with Gasteiger partial charge in [0.15, 0.2) is 5.82 Å². The quantitative estimate of drug-likeness (QED) is 0.768. The van der Waals surface area contributed by atoms with Gasteiger partial charge in [0.05, 0.1) is 11.4 Å². The lowest BCUT2D eigenvalue weighted by molar-refractivity contribution is -0.129. The molecule has 4 rings (SSSR count). The number of aryl methyl sites for hydroxylation is 2. The minimum absolute atomic E-state index is 0. The van der Waals surface area contributed by atoms with Crippen LogP contribution in [-0.2, 0) is 30.7 Å². The van der Waals surface area contributed by atoms with Gasteiger partial charge in [-0.3, -0.25) is 9.48 Å². The molecule has 0 aromatic carbocycles. The van der Waals surface area contributed by atoms with Crippen molar-refractivity contribution in [3.63, 3.8) is 0 Å². The topological polar surface area (TPSA) is 89.1 Å². The summed E-state index contributed by atoms with van der Waals surface area (Å²) < 4.78 is 7.32. The van der Waals surface area contributed by atoms with Gasteiger partial charge in [0, 0.05) is 51.9 Å². The van der Waals surface area contributed by atoms with Crippen LogP contribution in [0.1, 0.15) is 54.7 Å². The number of likely N-dealkylation sites (N-methyl/N-ethyl adjacent to an activating group) is 1. The summed E-state index contributed by atoms with van der Waals surface area (Å²) in [6.07, 6.45) is 5.16. The number of halogens is 1. The smallest absolute Gasteiger partial charge is 0.229 e. The SMILES string of the molecule is CN(CCc1noc(C2CC2)n1)C(=O)CCc1cc2n(n1)CCCNC2.Cl. The molecule has 1 amide bonds. The lowest BCUT2D eigenvalue weighted by Crippen LogP contribution is -2.29. The predicted molar refractivity (Wildman–Crippen MR) is 102 cm³/mol. The normalized spacial score (nSPS) is 16.3. The fraction of sp³-hybridized carbons (Fsp3) is 0.667. The summed E-state index contributed by atoms with van der Waals surface area (Å²) in [4.78, 5) is 18.5. The number of aromatic nitrogens is 4. The van der Waals surface area contributed by atoms with Crippen LogP contribution in [-0.4, -0.2) is 50.9 Å². The minimum atomic E-state index is 0. The van der Waals surface area contributed by atoms with Gasteiger partial charge >= 0.3 is 0 Å². The van der Waals surface area contributed by atoms with E-state index in [1.807, 2.05) is 7.05 Å². The Hall–Kier alpha value is -1.93. The van der Waals surface area contributed by atoms with Crippen molar-refractivity contribution in [1.82, 2.24) is 30.1 Å². The fourth-order valence-corrected chi connectivity index (χ4v) is 3.23. The molecule has 9 heteroatoms. The van der Waals surface area contributed by atoms with E-state index in [0.717, 1.165) is 50.5 Å². The van der Waals surface area contributed by atoms with Gasteiger partial charge in [0.25, 0.3) is 0 Å². The second-order valence-electron chi connectivity index (χ2n) is 7.27. The van der Waals surface area contributed by atoms with Crippen LogP contribution in [0.3, 0.4) is 0 Å². The van der Waals surface area contributed by atoms with Gasteiger partial charge in [-0.25, -0.2) is 0 Å². The highest BCUT2D eigenvalue weighted by atomic mass is 35.5. The van der Waals surface area contributed by atoms with Gasteiger partial charge in [-0.15, -0.1) is 12.4 Å². The maximum atomic E-state index is 12.4. The number of carbonyl (C=O) groups excluding carboxylic acids is 1. The zero-order valence-electron chi connectivity index (χ0n) is 15.7. The lowest BCUT2D eigenvalue weighted by Gasteiger charge is -2.15.